The lowest BCUT2D eigenvalue weighted by molar-refractivity contribution is -0.117. The summed E-state index contributed by atoms with van der Waals surface area (Å²) in [6, 6.07) is 12.3. The first-order valence-electron chi connectivity index (χ1n) is 9.76. The van der Waals surface area contributed by atoms with Crippen molar-refractivity contribution in [3.8, 4) is 10.6 Å². The summed E-state index contributed by atoms with van der Waals surface area (Å²) < 4.78 is 15.0. The smallest absolute Gasteiger partial charge is 0.224 e. The molecule has 1 amide bonds. The van der Waals surface area contributed by atoms with Gasteiger partial charge >= 0.3 is 0 Å². The summed E-state index contributed by atoms with van der Waals surface area (Å²) in [5, 5.41) is 7.11. The fraction of sp³-hybridized carbons (Fsp3) is 0.364. The lowest BCUT2D eigenvalue weighted by Gasteiger charge is -2.28. The number of anilines is 1. The molecule has 4 nitrogen and oxygen atoms in total. The number of para-hydroxylation sites is 1. The van der Waals surface area contributed by atoms with E-state index in [1.807, 2.05) is 24.3 Å². The largest absolute Gasteiger partial charge is 0.325 e. The summed E-state index contributed by atoms with van der Waals surface area (Å²) in [6.45, 7) is 4.18. The highest BCUT2D eigenvalue weighted by Crippen LogP contribution is 2.35. The fourth-order valence-corrected chi connectivity index (χ4v) is 4.81. The highest BCUT2D eigenvalue weighted by atomic mass is 32.1. The highest BCUT2D eigenvalue weighted by molar-refractivity contribution is 7.21. The van der Waals surface area contributed by atoms with Gasteiger partial charge in [0.1, 0.15) is 10.8 Å². The number of carbonyl (C=O) groups is 1. The number of nitrogens with zero attached hydrogens (tertiary/aromatic N) is 1. The van der Waals surface area contributed by atoms with Gasteiger partial charge in [-0.05, 0) is 68.1 Å². The van der Waals surface area contributed by atoms with E-state index in [1.165, 1.54) is 23.5 Å². The quantitative estimate of drug-likeness (QED) is 0.632. The number of benzene rings is 2. The number of halogens is 1. The van der Waals surface area contributed by atoms with Crippen LogP contribution in [0.2, 0.25) is 0 Å². The van der Waals surface area contributed by atoms with Crippen molar-refractivity contribution in [2.45, 2.75) is 26.2 Å². The molecule has 1 aliphatic rings. The molecule has 3 aromatic rings. The zero-order valence-electron chi connectivity index (χ0n) is 15.9. The third kappa shape index (κ3) is 4.23. The van der Waals surface area contributed by atoms with E-state index in [0.717, 1.165) is 36.1 Å². The third-order valence-electron chi connectivity index (χ3n) is 5.43. The number of hydrogen-bond acceptors (Lipinski definition) is 4. The molecule has 1 saturated heterocycles. The maximum absolute atomic E-state index is 13.9. The Morgan fingerprint density at radius 3 is 3.00 bits per heavy atom. The van der Waals surface area contributed by atoms with Crippen LogP contribution in [0, 0.1) is 17.7 Å². The molecule has 6 heteroatoms. The van der Waals surface area contributed by atoms with Crippen molar-refractivity contribution in [3.63, 3.8) is 0 Å². The van der Waals surface area contributed by atoms with E-state index in [0.29, 0.717) is 34.5 Å². The molecule has 146 valence electrons. The van der Waals surface area contributed by atoms with E-state index in [2.05, 4.69) is 22.5 Å². The lowest BCUT2D eigenvalue weighted by atomic mass is 9.85. The number of nitrogens with one attached hydrogen (secondary N) is 2. The molecule has 28 heavy (non-hydrogen) atoms. The molecule has 2 atom stereocenters. The fourth-order valence-electron chi connectivity index (χ4n) is 3.81. The van der Waals surface area contributed by atoms with Crippen molar-refractivity contribution < 1.29 is 9.18 Å². The van der Waals surface area contributed by atoms with Gasteiger partial charge in [0, 0.05) is 12.0 Å². The number of hydrogen-bond donors (Lipinski definition) is 2. The molecule has 2 aromatic carbocycles. The van der Waals surface area contributed by atoms with Gasteiger partial charge in [-0.1, -0.05) is 19.1 Å². The molecule has 4 rings (SSSR count). The Bertz CT molecular complexity index is 948. The Hall–Kier alpha value is -2.31. The molecule has 0 saturated carbocycles. The van der Waals surface area contributed by atoms with Crippen LogP contribution in [-0.4, -0.2) is 24.0 Å². The minimum Gasteiger partial charge on any atom is -0.325 e. The topological polar surface area (TPSA) is 54.0 Å². The number of carbonyl (C=O) groups excluding carboxylic acids is 1. The van der Waals surface area contributed by atoms with E-state index < -0.39 is 0 Å². The number of piperidine rings is 1. The van der Waals surface area contributed by atoms with Gasteiger partial charge in [-0.15, -0.1) is 11.3 Å². The average Bonchev–Trinajstić information content (AvgIpc) is 3.14. The van der Waals surface area contributed by atoms with E-state index >= 15 is 0 Å². The summed E-state index contributed by atoms with van der Waals surface area (Å²) in [7, 11) is 0. The number of amides is 1. The van der Waals surface area contributed by atoms with Gasteiger partial charge in [0.15, 0.2) is 0 Å². The van der Waals surface area contributed by atoms with Gasteiger partial charge in [-0.3, -0.25) is 4.79 Å². The summed E-state index contributed by atoms with van der Waals surface area (Å²) >= 11 is 1.50. The first-order chi connectivity index (χ1) is 13.6. The third-order valence-corrected chi connectivity index (χ3v) is 6.50. The number of fused-ring (bicyclic) bond motifs is 1. The Balaban J connectivity index is 1.53. The summed E-state index contributed by atoms with van der Waals surface area (Å²) in [6.07, 6.45) is 2.79. The van der Waals surface area contributed by atoms with E-state index in [-0.39, 0.29) is 11.7 Å². The molecule has 2 unspecified atom stereocenters. The Labute approximate surface area is 168 Å². The van der Waals surface area contributed by atoms with Crippen LogP contribution in [0.1, 0.15) is 26.2 Å². The molecule has 1 aromatic heterocycles. The van der Waals surface area contributed by atoms with Crippen LogP contribution < -0.4 is 10.6 Å². The maximum Gasteiger partial charge on any atom is 0.224 e. The lowest BCUT2D eigenvalue weighted by Crippen LogP contribution is -2.34. The van der Waals surface area contributed by atoms with Crippen LogP contribution in [0.15, 0.2) is 42.5 Å². The van der Waals surface area contributed by atoms with E-state index in [1.54, 1.807) is 6.07 Å². The molecule has 0 bridgehead atoms. The molecule has 2 N–H and O–H groups in total. The zero-order chi connectivity index (χ0) is 19.5. The van der Waals surface area contributed by atoms with E-state index in [4.69, 9.17) is 0 Å². The Morgan fingerprint density at radius 1 is 1.36 bits per heavy atom. The first kappa shape index (κ1) is 19.0. The predicted molar refractivity (Wildman–Crippen MR) is 113 cm³/mol. The van der Waals surface area contributed by atoms with Gasteiger partial charge in [0.2, 0.25) is 5.91 Å². The van der Waals surface area contributed by atoms with Gasteiger partial charge in [0.05, 0.1) is 15.9 Å². The van der Waals surface area contributed by atoms with Crippen LogP contribution in [0.25, 0.3) is 20.8 Å². The Morgan fingerprint density at radius 2 is 2.21 bits per heavy atom. The van der Waals surface area contributed by atoms with Gasteiger partial charge in [0.25, 0.3) is 0 Å². The monoisotopic (exact) mass is 397 g/mol. The van der Waals surface area contributed by atoms with Crippen molar-refractivity contribution in [2.75, 3.05) is 18.4 Å². The van der Waals surface area contributed by atoms with Crippen molar-refractivity contribution in [1.82, 2.24) is 10.3 Å². The van der Waals surface area contributed by atoms with Crippen molar-refractivity contribution in [1.29, 1.82) is 0 Å². The van der Waals surface area contributed by atoms with Crippen molar-refractivity contribution in [3.05, 3.63) is 48.3 Å². The number of rotatable bonds is 5. The van der Waals surface area contributed by atoms with Gasteiger partial charge < -0.3 is 10.6 Å². The van der Waals surface area contributed by atoms with Crippen molar-refractivity contribution >= 4 is 33.1 Å². The SMILES string of the molecule is CC(CC(=O)Nc1ccc(F)cc1-c1nc2ccccc2s1)C1CCCNC1. The summed E-state index contributed by atoms with van der Waals surface area (Å²) in [5.74, 6) is 0.455. The van der Waals surface area contributed by atoms with Crippen LogP contribution in [0.4, 0.5) is 10.1 Å². The molecule has 1 aliphatic heterocycles. The second kappa shape index (κ2) is 8.37. The minimum atomic E-state index is -0.339. The molecule has 0 radical (unpaired) electrons. The average molecular weight is 398 g/mol. The summed E-state index contributed by atoms with van der Waals surface area (Å²) in [4.78, 5) is 17.3. The minimum absolute atomic E-state index is 0.0351. The molecule has 0 spiro atoms. The first-order valence-corrected chi connectivity index (χ1v) is 10.6. The standard InChI is InChI=1S/C22H24FN3OS/c1-14(15-5-4-10-24-13-15)11-21(27)25-18-9-8-16(23)12-17(18)22-26-19-6-2-3-7-20(19)28-22/h2-3,6-9,12,14-15,24H,4-5,10-11,13H2,1H3,(H,25,27). The van der Waals surface area contributed by atoms with Crippen molar-refractivity contribution in [2.24, 2.45) is 11.8 Å². The predicted octanol–water partition coefficient (Wildman–Crippen LogP) is 5.07. The molecular weight excluding hydrogens is 373 g/mol. The van der Waals surface area contributed by atoms with Gasteiger partial charge in [-0.2, -0.15) is 0 Å². The second-order valence-corrected chi connectivity index (χ2v) is 8.54. The molecule has 0 aliphatic carbocycles. The maximum atomic E-state index is 13.9. The molecule has 1 fully saturated rings. The Kier molecular flexibility index (Phi) is 5.69. The zero-order valence-corrected chi connectivity index (χ0v) is 16.7. The number of thiazole rings is 1. The molecule has 2 heterocycles. The van der Waals surface area contributed by atoms with Crippen LogP contribution in [0.5, 0.6) is 0 Å². The van der Waals surface area contributed by atoms with Crippen LogP contribution >= 0.6 is 11.3 Å². The van der Waals surface area contributed by atoms with Gasteiger partial charge in [-0.25, -0.2) is 9.37 Å². The van der Waals surface area contributed by atoms with Crippen LogP contribution in [0.3, 0.4) is 0 Å². The highest BCUT2D eigenvalue weighted by Gasteiger charge is 2.22. The normalized spacial score (nSPS) is 18.1. The second-order valence-electron chi connectivity index (χ2n) is 7.51. The summed E-state index contributed by atoms with van der Waals surface area (Å²) in [5.41, 5.74) is 2.11. The van der Waals surface area contributed by atoms with Crippen LogP contribution in [-0.2, 0) is 4.79 Å². The molecular formula is C22H24FN3OS. The van der Waals surface area contributed by atoms with E-state index in [9.17, 15) is 9.18 Å². The number of aromatic nitrogens is 1.